The molecule has 0 atom stereocenters. The minimum atomic E-state index is 0.846. The fourth-order valence-electron chi connectivity index (χ4n) is 1.34. The molecule has 0 bridgehead atoms. The van der Waals surface area contributed by atoms with E-state index >= 15 is 0 Å². The van der Waals surface area contributed by atoms with Crippen molar-refractivity contribution in [1.82, 2.24) is 0 Å². The first-order valence-electron chi connectivity index (χ1n) is 4.67. The average Bonchev–Trinajstić information content (AvgIpc) is 2.54. The second-order valence-corrected chi connectivity index (χ2v) is 3.03. The van der Waals surface area contributed by atoms with Gasteiger partial charge in [-0.3, -0.25) is 0 Å². The lowest BCUT2D eigenvalue weighted by Gasteiger charge is -1.89. The normalized spacial score (nSPS) is 14.8. The summed E-state index contributed by atoms with van der Waals surface area (Å²) in [5.74, 6) is 6.14. The van der Waals surface area contributed by atoms with Gasteiger partial charge < -0.3 is 0 Å². The predicted octanol–water partition coefficient (Wildman–Crippen LogP) is 2.56. The second-order valence-electron chi connectivity index (χ2n) is 3.03. The van der Waals surface area contributed by atoms with Gasteiger partial charge >= 0.3 is 0 Å². The SMILES string of the molecule is CCCC#CC1=C(N=C=O)CCC1. The van der Waals surface area contributed by atoms with E-state index in [1.54, 1.807) is 6.08 Å². The van der Waals surface area contributed by atoms with Gasteiger partial charge in [0, 0.05) is 12.0 Å². The minimum Gasteiger partial charge on any atom is -0.211 e. The highest BCUT2D eigenvalue weighted by Gasteiger charge is 2.11. The first-order chi connectivity index (χ1) is 6.38. The molecule has 0 spiro atoms. The third-order valence-corrected chi connectivity index (χ3v) is 1.98. The van der Waals surface area contributed by atoms with Crippen LogP contribution < -0.4 is 0 Å². The van der Waals surface area contributed by atoms with Gasteiger partial charge in [-0.1, -0.05) is 18.8 Å². The zero-order chi connectivity index (χ0) is 9.52. The van der Waals surface area contributed by atoms with E-state index < -0.39 is 0 Å². The fraction of sp³-hybridized carbons (Fsp3) is 0.545. The molecular formula is C11H13NO. The zero-order valence-corrected chi connectivity index (χ0v) is 7.89. The van der Waals surface area contributed by atoms with Crippen LogP contribution in [0.4, 0.5) is 0 Å². The number of unbranched alkanes of at least 4 members (excludes halogenated alkanes) is 1. The monoisotopic (exact) mass is 175 g/mol. The Morgan fingerprint density at radius 3 is 3.00 bits per heavy atom. The van der Waals surface area contributed by atoms with Crippen LogP contribution in [0.3, 0.4) is 0 Å². The van der Waals surface area contributed by atoms with Crippen molar-refractivity contribution in [2.45, 2.75) is 39.0 Å². The van der Waals surface area contributed by atoms with Gasteiger partial charge in [0.05, 0.1) is 5.70 Å². The molecule has 1 rings (SSSR count). The molecule has 0 aromatic rings. The van der Waals surface area contributed by atoms with Crippen molar-refractivity contribution >= 4 is 6.08 Å². The van der Waals surface area contributed by atoms with Crippen molar-refractivity contribution in [2.24, 2.45) is 4.99 Å². The number of allylic oxidation sites excluding steroid dienone is 2. The van der Waals surface area contributed by atoms with E-state index in [-0.39, 0.29) is 0 Å². The third kappa shape index (κ3) is 2.89. The van der Waals surface area contributed by atoms with Gasteiger partial charge in [0.2, 0.25) is 6.08 Å². The van der Waals surface area contributed by atoms with Crippen molar-refractivity contribution in [1.29, 1.82) is 0 Å². The number of carbonyl (C=O) groups excluding carboxylic acids is 1. The Hall–Kier alpha value is -1.32. The van der Waals surface area contributed by atoms with E-state index in [9.17, 15) is 4.79 Å². The van der Waals surface area contributed by atoms with Crippen LogP contribution in [0.5, 0.6) is 0 Å². The van der Waals surface area contributed by atoms with Gasteiger partial charge in [0.25, 0.3) is 0 Å². The third-order valence-electron chi connectivity index (χ3n) is 1.98. The molecule has 68 valence electrons. The van der Waals surface area contributed by atoms with Crippen molar-refractivity contribution < 1.29 is 4.79 Å². The molecule has 0 amide bonds. The number of hydrogen-bond donors (Lipinski definition) is 0. The predicted molar refractivity (Wildman–Crippen MR) is 51.7 cm³/mol. The molecule has 0 heterocycles. The van der Waals surface area contributed by atoms with E-state index in [4.69, 9.17) is 0 Å². The van der Waals surface area contributed by atoms with Gasteiger partial charge in [-0.05, 0) is 25.7 Å². The van der Waals surface area contributed by atoms with E-state index in [0.717, 1.165) is 43.4 Å². The van der Waals surface area contributed by atoms with Crippen molar-refractivity contribution in [2.75, 3.05) is 0 Å². The van der Waals surface area contributed by atoms with Crippen LogP contribution in [-0.2, 0) is 4.79 Å². The van der Waals surface area contributed by atoms with Gasteiger partial charge in [-0.2, -0.15) is 4.99 Å². The summed E-state index contributed by atoms with van der Waals surface area (Å²) in [4.78, 5) is 13.7. The maximum absolute atomic E-state index is 10.1. The van der Waals surface area contributed by atoms with Crippen LogP contribution in [0, 0.1) is 11.8 Å². The van der Waals surface area contributed by atoms with Crippen molar-refractivity contribution in [3.63, 3.8) is 0 Å². The Bertz CT molecular complexity index is 311. The molecule has 0 unspecified atom stereocenters. The summed E-state index contributed by atoms with van der Waals surface area (Å²) in [7, 11) is 0. The summed E-state index contributed by atoms with van der Waals surface area (Å²) < 4.78 is 0. The Kier molecular flexibility index (Phi) is 4.02. The molecule has 0 aliphatic heterocycles. The van der Waals surface area contributed by atoms with Crippen LogP contribution in [0.1, 0.15) is 39.0 Å². The lowest BCUT2D eigenvalue weighted by atomic mass is 10.2. The lowest BCUT2D eigenvalue weighted by Crippen LogP contribution is -1.76. The number of nitrogens with zero attached hydrogens (tertiary/aromatic N) is 1. The smallest absolute Gasteiger partial charge is 0.211 e. The summed E-state index contributed by atoms with van der Waals surface area (Å²) in [6.45, 7) is 2.10. The summed E-state index contributed by atoms with van der Waals surface area (Å²) in [6, 6.07) is 0. The maximum atomic E-state index is 10.1. The number of isocyanates is 1. The standard InChI is InChI=1S/C11H13NO/c1-2-3-4-6-10-7-5-8-11(10)12-9-13/h2-3,5,7-8H2,1H3. The molecule has 0 radical (unpaired) electrons. The summed E-state index contributed by atoms with van der Waals surface area (Å²) in [6.07, 6.45) is 6.49. The molecule has 2 nitrogen and oxygen atoms in total. The Labute approximate surface area is 78.7 Å². The van der Waals surface area contributed by atoms with E-state index in [0.29, 0.717) is 0 Å². The van der Waals surface area contributed by atoms with Gasteiger partial charge in [0.15, 0.2) is 0 Å². The first-order valence-corrected chi connectivity index (χ1v) is 4.67. The van der Waals surface area contributed by atoms with Gasteiger partial charge in [-0.25, -0.2) is 4.79 Å². The lowest BCUT2D eigenvalue weighted by molar-refractivity contribution is 0.564. The number of hydrogen-bond acceptors (Lipinski definition) is 2. The molecule has 0 N–H and O–H groups in total. The first kappa shape index (κ1) is 9.77. The molecule has 2 heteroatoms. The Morgan fingerprint density at radius 1 is 1.46 bits per heavy atom. The van der Waals surface area contributed by atoms with Crippen molar-refractivity contribution in [3.8, 4) is 11.8 Å². The Morgan fingerprint density at radius 2 is 2.31 bits per heavy atom. The molecule has 0 aromatic carbocycles. The molecule has 1 aliphatic carbocycles. The van der Waals surface area contributed by atoms with Crippen LogP contribution in [0.2, 0.25) is 0 Å². The van der Waals surface area contributed by atoms with Crippen LogP contribution >= 0.6 is 0 Å². The van der Waals surface area contributed by atoms with Crippen molar-refractivity contribution in [3.05, 3.63) is 11.3 Å². The van der Waals surface area contributed by atoms with Gasteiger partial charge in [0.1, 0.15) is 0 Å². The van der Waals surface area contributed by atoms with E-state index in [1.807, 2.05) is 0 Å². The Balaban J connectivity index is 2.71. The molecule has 0 saturated carbocycles. The highest BCUT2D eigenvalue weighted by molar-refractivity contribution is 5.43. The summed E-state index contributed by atoms with van der Waals surface area (Å²) in [5, 5.41) is 0. The summed E-state index contributed by atoms with van der Waals surface area (Å²) in [5.41, 5.74) is 1.88. The van der Waals surface area contributed by atoms with Gasteiger partial charge in [-0.15, -0.1) is 0 Å². The molecule has 0 aromatic heterocycles. The zero-order valence-electron chi connectivity index (χ0n) is 7.89. The maximum Gasteiger partial charge on any atom is 0.240 e. The molecule has 0 saturated heterocycles. The summed E-state index contributed by atoms with van der Waals surface area (Å²) >= 11 is 0. The van der Waals surface area contributed by atoms with Crippen LogP contribution in [0.25, 0.3) is 0 Å². The largest absolute Gasteiger partial charge is 0.240 e. The average molecular weight is 175 g/mol. The molecule has 1 aliphatic rings. The van der Waals surface area contributed by atoms with Crippen LogP contribution in [-0.4, -0.2) is 6.08 Å². The number of aliphatic imine (C=N–C) groups is 1. The highest BCUT2D eigenvalue weighted by Crippen LogP contribution is 2.25. The fourth-order valence-corrected chi connectivity index (χ4v) is 1.34. The van der Waals surface area contributed by atoms with E-state index in [2.05, 4.69) is 23.8 Å². The van der Waals surface area contributed by atoms with Crippen LogP contribution in [0.15, 0.2) is 16.3 Å². The molecule has 13 heavy (non-hydrogen) atoms. The molecular weight excluding hydrogens is 162 g/mol. The quantitative estimate of drug-likeness (QED) is 0.360. The number of rotatable bonds is 2. The minimum absolute atomic E-state index is 0.846. The topological polar surface area (TPSA) is 29.4 Å². The molecule has 0 fully saturated rings. The second kappa shape index (κ2) is 5.35. The van der Waals surface area contributed by atoms with E-state index in [1.165, 1.54) is 0 Å². The highest BCUT2D eigenvalue weighted by atomic mass is 16.1.